The van der Waals surface area contributed by atoms with E-state index in [1.807, 2.05) is 31.2 Å². The monoisotopic (exact) mass is 302 g/mol. The molecule has 0 amide bonds. The first-order chi connectivity index (χ1) is 10.7. The van der Waals surface area contributed by atoms with Gasteiger partial charge in [-0.25, -0.2) is 0 Å². The summed E-state index contributed by atoms with van der Waals surface area (Å²) in [6.07, 6.45) is 0.869. The van der Waals surface area contributed by atoms with E-state index < -0.39 is 0 Å². The molecule has 0 radical (unpaired) electrons. The molecule has 0 fully saturated rings. The molecule has 118 valence electrons. The first-order valence-electron chi connectivity index (χ1n) is 7.31. The van der Waals surface area contributed by atoms with Crippen LogP contribution in [0.2, 0.25) is 0 Å². The van der Waals surface area contributed by atoms with Gasteiger partial charge in [-0.15, -0.1) is 0 Å². The lowest BCUT2D eigenvalue weighted by Crippen LogP contribution is -2.26. The van der Waals surface area contributed by atoms with Crippen LogP contribution in [0.25, 0.3) is 11.3 Å². The lowest BCUT2D eigenvalue weighted by molar-refractivity contribution is 0.355. The SMILES string of the molecule is CCCn1c(-c2ccc(OC)c(OC)c2)ccc(CN)c1=O. The summed E-state index contributed by atoms with van der Waals surface area (Å²) in [6, 6.07) is 9.36. The molecule has 1 aromatic carbocycles. The number of rotatable bonds is 6. The maximum absolute atomic E-state index is 12.5. The van der Waals surface area contributed by atoms with Gasteiger partial charge in [-0.05, 0) is 30.7 Å². The van der Waals surface area contributed by atoms with Gasteiger partial charge in [0.2, 0.25) is 0 Å². The number of nitrogens with two attached hydrogens (primary N) is 1. The van der Waals surface area contributed by atoms with E-state index in [0.717, 1.165) is 17.7 Å². The van der Waals surface area contributed by atoms with E-state index in [9.17, 15) is 4.79 Å². The van der Waals surface area contributed by atoms with E-state index in [-0.39, 0.29) is 12.1 Å². The molecule has 22 heavy (non-hydrogen) atoms. The normalized spacial score (nSPS) is 10.5. The number of hydrogen-bond donors (Lipinski definition) is 1. The van der Waals surface area contributed by atoms with Crippen LogP contribution in [0.3, 0.4) is 0 Å². The third kappa shape index (κ3) is 2.99. The Morgan fingerprint density at radius 1 is 1.09 bits per heavy atom. The van der Waals surface area contributed by atoms with E-state index in [1.54, 1.807) is 24.9 Å². The molecule has 0 aliphatic carbocycles. The Labute approximate surface area is 130 Å². The second kappa shape index (κ2) is 7.13. The van der Waals surface area contributed by atoms with Gasteiger partial charge in [0.15, 0.2) is 11.5 Å². The smallest absolute Gasteiger partial charge is 0.255 e. The van der Waals surface area contributed by atoms with Crippen LogP contribution in [-0.2, 0) is 13.1 Å². The second-order valence-corrected chi connectivity index (χ2v) is 4.97. The largest absolute Gasteiger partial charge is 0.493 e. The van der Waals surface area contributed by atoms with E-state index in [0.29, 0.717) is 23.6 Å². The maximum Gasteiger partial charge on any atom is 0.255 e. The molecular weight excluding hydrogens is 280 g/mol. The number of ether oxygens (including phenoxy) is 2. The van der Waals surface area contributed by atoms with Gasteiger partial charge in [0.1, 0.15) is 0 Å². The highest BCUT2D eigenvalue weighted by Crippen LogP contribution is 2.32. The van der Waals surface area contributed by atoms with Crippen molar-refractivity contribution in [2.24, 2.45) is 5.73 Å². The lowest BCUT2D eigenvalue weighted by atomic mass is 10.1. The molecule has 0 aliphatic rings. The molecule has 0 saturated carbocycles. The Morgan fingerprint density at radius 3 is 2.41 bits per heavy atom. The molecule has 0 saturated heterocycles. The number of benzene rings is 1. The van der Waals surface area contributed by atoms with Crippen LogP contribution >= 0.6 is 0 Å². The third-order valence-corrected chi connectivity index (χ3v) is 3.60. The summed E-state index contributed by atoms with van der Waals surface area (Å²) in [4.78, 5) is 12.5. The van der Waals surface area contributed by atoms with Crippen LogP contribution in [0.4, 0.5) is 0 Å². The predicted octanol–water partition coefficient (Wildman–Crippen LogP) is 2.40. The summed E-state index contributed by atoms with van der Waals surface area (Å²) in [5.74, 6) is 1.30. The molecule has 0 unspecified atom stereocenters. The minimum absolute atomic E-state index is 0.0309. The van der Waals surface area contributed by atoms with Crippen LogP contribution in [0.1, 0.15) is 18.9 Å². The Hall–Kier alpha value is -2.27. The molecule has 0 atom stereocenters. The van der Waals surface area contributed by atoms with E-state index in [2.05, 4.69) is 0 Å². The number of nitrogens with zero attached hydrogens (tertiary/aromatic N) is 1. The van der Waals surface area contributed by atoms with Gasteiger partial charge in [0.25, 0.3) is 5.56 Å². The van der Waals surface area contributed by atoms with Gasteiger partial charge in [0.05, 0.1) is 19.9 Å². The van der Waals surface area contributed by atoms with Gasteiger partial charge in [0, 0.05) is 24.2 Å². The van der Waals surface area contributed by atoms with Gasteiger partial charge < -0.3 is 19.8 Å². The quantitative estimate of drug-likeness (QED) is 0.890. The molecule has 2 aromatic rings. The van der Waals surface area contributed by atoms with Gasteiger partial charge >= 0.3 is 0 Å². The minimum atomic E-state index is -0.0309. The molecular formula is C17H22N2O3. The zero-order valence-corrected chi connectivity index (χ0v) is 13.3. The Balaban J connectivity index is 2.61. The molecule has 2 N–H and O–H groups in total. The minimum Gasteiger partial charge on any atom is -0.493 e. The number of hydrogen-bond acceptors (Lipinski definition) is 4. The summed E-state index contributed by atoms with van der Waals surface area (Å²) >= 11 is 0. The molecule has 0 aliphatic heterocycles. The van der Waals surface area contributed by atoms with Crippen LogP contribution in [0.15, 0.2) is 35.1 Å². The zero-order valence-electron chi connectivity index (χ0n) is 13.3. The fourth-order valence-corrected chi connectivity index (χ4v) is 2.47. The van der Waals surface area contributed by atoms with Crippen LogP contribution in [0.5, 0.6) is 11.5 Å². The molecule has 2 rings (SSSR count). The zero-order chi connectivity index (χ0) is 16.1. The van der Waals surface area contributed by atoms with Crippen LogP contribution in [-0.4, -0.2) is 18.8 Å². The number of aromatic nitrogens is 1. The van der Waals surface area contributed by atoms with Gasteiger partial charge in [-0.1, -0.05) is 13.0 Å². The Bertz CT molecular complexity index is 708. The van der Waals surface area contributed by atoms with Crippen molar-refractivity contribution >= 4 is 0 Å². The van der Waals surface area contributed by atoms with Crippen molar-refractivity contribution in [3.05, 3.63) is 46.2 Å². The third-order valence-electron chi connectivity index (χ3n) is 3.60. The maximum atomic E-state index is 12.5. The molecule has 5 heteroatoms. The van der Waals surface area contributed by atoms with Crippen molar-refractivity contribution in [1.82, 2.24) is 4.57 Å². The van der Waals surface area contributed by atoms with Crippen molar-refractivity contribution < 1.29 is 9.47 Å². The van der Waals surface area contributed by atoms with Crippen molar-refractivity contribution in [1.29, 1.82) is 0 Å². The topological polar surface area (TPSA) is 66.5 Å². The standard InChI is InChI=1S/C17H22N2O3/c1-4-9-19-14(7-5-13(11-18)17(19)20)12-6-8-15(21-2)16(10-12)22-3/h5-8,10H,4,9,11,18H2,1-3H3. The highest BCUT2D eigenvalue weighted by molar-refractivity contribution is 5.64. The van der Waals surface area contributed by atoms with Crippen molar-refractivity contribution in [2.75, 3.05) is 14.2 Å². The summed E-state index contributed by atoms with van der Waals surface area (Å²) in [5.41, 5.74) is 7.99. The lowest BCUT2D eigenvalue weighted by Gasteiger charge is -2.15. The van der Waals surface area contributed by atoms with Gasteiger partial charge in [-0.2, -0.15) is 0 Å². The van der Waals surface area contributed by atoms with Crippen molar-refractivity contribution in [3.8, 4) is 22.8 Å². The summed E-state index contributed by atoms with van der Waals surface area (Å²) < 4.78 is 12.4. The molecule has 1 aromatic heterocycles. The Morgan fingerprint density at radius 2 is 1.82 bits per heavy atom. The van der Waals surface area contributed by atoms with E-state index in [1.165, 1.54) is 0 Å². The predicted molar refractivity (Wildman–Crippen MR) is 87.4 cm³/mol. The summed E-state index contributed by atoms with van der Waals surface area (Å²) in [7, 11) is 3.19. The molecule has 0 bridgehead atoms. The fraction of sp³-hybridized carbons (Fsp3) is 0.353. The Kier molecular flexibility index (Phi) is 5.22. The molecule has 1 heterocycles. The van der Waals surface area contributed by atoms with Crippen molar-refractivity contribution in [3.63, 3.8) is 0 Å². The summed E-state index contributed by atoms with van der Waals surface area (Å²) in [5, 5.41) is 0. The van der Waals surface area contributed by atoms with E-state index >= 15 is 0 Å². The first-order valence-corrected chi connectivity index (χ1v) is 7.31. The average Bonchev–Trinajstić information content (AvgIpc) is 2.56. The fourth-order valence-electron chi connectivity index (χ4n) is 2.47. The highest BCUT2D eigenvalue weighted by atomic mass is 16.5. The van der Waals surface area contributed by atoms with E-state index in [4.69, 9.17) is 15.2 Å². The molecule has 0 spiro atoms. The number of methoxy groups -OCH3 is 2. The van der Waals surface area contributed by atoms with Crippen LogP contribution in [0, 0.1) is 0 Å². The molecule has 5 nitrogen and oxygen atoms in total. The first kappa shape index (κ1) is 16.1. The summed E-state index contributed by atoms with van der Waals surface area (Å²) in [6.45, 7) is 2.94. The van der Waals surface area contributed by atoms with Crippen molar-refractivity contribution in [2.45, 2.75) is 26.4 Å². The van der Waals surface area contributed by atoms with Gasteiger partial charge in [-0.3, -0.25) is 4.79 Å². The highest BCUT2D eigenvalue weighted by Gasteiger charge is 2.12. The van der Waals surface area contributed by atoms with Crippen LogP contribution < -0.4 is 20.8 Å². The second-order valence-electron chi connectivity index (χ2n) is 4.97. The number of pyridine rings is 1. The average molecular weight is 302 g/mol.